The van der Waals surface area contributed by atoms with Gasteiger partial charge in [-0.15, -0.1) is 0 Å². The molecular formula is C20H24N2O3S. The average Bonchev–Trinajstić information content (AvgIpc) is 3.18. The van der Waals surface area contributed by atoms with Crippen molar-refractivity contribution in [3.8, 4) is 0 Å². The fraction of sp³-hybridized carbons (Fsp3) is 0.350. The Morgan fingerprint density at radius 2 is 1.65 bits per heavy atom. The normalized spacial score (nSPS) is 15.3. The topological polar surface area (TPSA) is 66.5 Å². The lowest BCUT2D eigenvalue weighted by Gasteiger charge is -2.18. The Balaban J connectivity index is 1.67. The van der Waals surface area contributed by atoms with Gasteiger partial charge in [-0.25, -0.2) is 8.42 Å². The van der Waals surface area contributed by atoms with Crippen LogP contribution in [0.15, 0.2) is 59.5 Å². The summed E-state index contributed by atoms with van der Waals surface area (Å²) >= 11 is 0. The van der Waals surface area contributed by atoms with Gasteiger partial charge in [-0.05, 0) is 42.7 Å². The number of nitrogens with zero attached hydrogens (tertiary/aromatic N) is 1. The van der Waals surface area contributed by atoms with Crippen LogP contribution in [0.25, 0.3) is 0 Å². The predicted octanol–water partition coefficient (Wildman–Crippen LogP) is 3.64. The zero-order valence-electron chi connectivity index (χ0n) is 14.9. The Hall–Kier alpha value is -2.18. The van der Waals surface area contributed by atoms with Gasteiger partial charge in [0.2, 0.25) is 15.9 Å². The first-order valence-electron chi connectivity index (χ1n) is 8.88. The van der Waals surface area contributed by atoms with Gasteiger partial charge in [0.25, 0.3) is 0 Å². The second kappa shape index (κ2) is 8.01. The van der Waals surface area contributed by atoms with E-state index in [1.54, 1.807) is 31.3 Å². The molecule has 6 heteroatoms. The lowest BCUT2D eigenvalue weighted by molar-refractivity contribution is -0.119. The molecule has 0 aromatic heterocycles. The quantitative estimate of drug-likeness (QED) is 0.842. The van der Waals surface area contributed by atoms with Crippen LogP contribution in [-0.2, 0) is 21.4 Å². The summed E-state index contributed by atoms with van der Waals surface area (Å²) in [7, 11) is -2.01. The number of carbonyl (C=O) groups is 1. The molecule has 0 aliphatic heterocycles. The van der Waals surface area contributed by atoms with E-state index in [1.165, 1.54) is 4.31 Å². The molecule has 1 N–H and O–H groups in total. The Morgan fingerprint density at radius 3 is 2.27 bits per heavy atom. The van der Waals surface area contributed by atoms with Gasteiger partial charge in [0.15, 0.2) is 0 Å². The third-order valence-electron chi connectivity index (χ3n) is 4.80. The highest BCUT2D eigenvalue weighted by molar-refractivity contribution is 7.89. The van der Waals surface area contributed by atoms with Gasteiger partial charge in [0.05, 0.1) is 4.90 Å². The number of rotatable bonds is 6. The van der Waals surface area contributed by atoms with Crippen LogP contribution >= 0.6 is 0 Å². The van der Waals surface area contributed by atoms with Crippen LogP contribution in [0.2, 0.25) is 0 Å². The molecule has 0 unspecified atom stereocenters. The Morgan fingerprint density at radius 1 is 1.04 bits per heavy atom. The molecule has 1 aliphatic rings. The highest BCUT2D eigenvalue weighted by atomic mass is 32.2. The van der Waals surface area contributed by atoms with Crippen molar-refractivity contribution in [2.75, 3.05) is 12.4 Å². The first kappa shape index (κ1) is 18.6. The summed E-state index contributed by atoms with van der Waals surface area (Å²) in [4.78, 5) is 12.4. The largest absolute Gasteiger partial charge is 0.326 e. The number of anilines is 1. The molecule has 0 spiro atoms. The van der Waals surface area contributed by atoms with Crippen LogP contribution in [0, 0.1) is 5.92 Å². The highest BCUT2D eigenvalue weighted by Gasteiger charge is 2.23. The minimum Gasteiger partial charge on any atom is -0.326 e. The summed E-state index contributed by atoms with van der Waals surface area (Å²) in [6, 6.07) is 15.8. The Bertz CT molecular complexity index is 842. The van der Waals surface area contributed by atoms with Crippen LogP contribution < -0.4 is 5.32 Å². The molecule has 0 bridgehead atoms. The minimum absolute atomic E-state index is 0.0271. The number of hydrogen-bond donors (Lipinski definition) is 1. The fourth-order valence-electron chi connectivity index (χ4n) is 3.25. The van der Waals surface area contributed by atoms with Crippen molar-refractivity contribution >= 4 is 21.6 Å². The van der Waals surface area contributed by atoms with E-state index in [2.05, 4.69) is 5.32 Å². The van der Waals surface area contributed by atoms with Crippen LogP contribution in [0.4, 0.5) is 5.69 Å². The van der Waals surface area contributed by atoms with Crippen LogP contribution in [0.5, 0.6) is 0 Å². The first-order chi connectivity index (χ1) is 12.5. The predicted molar refractivity (Wildman–Crippen MR) is 102 cm³/mol. The second-order valence-electron chi connectivity index (χ2n) is 6.74. The van der Waals surface area contributed by atoms with Crippen LogP contribution in [0.1, 0.15) is 31.2 Å². The van der Waals surface area contributed by atoms with Gasteiger partial charge in [0.1, 0.15) is 0 Å². The second-order valence-corrected chi connectivity index (χ2v) is 8.79. The summed E-state index contributed by atoms with van der Waals surface area (Å²) in [5.41, 5.74) is 1.56. The van der Waals surface area contributed by atoms with Gasteiger partial charge in [-0.1, -0.05) is 43.2 Å². The molecule has 3 rings (SSSR count). The highest BCUT2D eigenvalue weighted by Crippen LogP contribution is 2.26. The maximum atomic E-state index is 12.7. The molecule has 1 fully saturated rings. The molecule has 1 amide bonds. The molecule has 0 saturated heterocycles. The van der Waals surface area contributed by atoms with Crippen molar-refractivity contribution in [3.05, 3.63) is 60.2 Å². The number of carbonyl (C=O) groups excluding carboxylic acids is 1. The first-order valence-corrected chi connectivity index (χ1v) is 10.3. The van der Waals surface area contributed by atoms with Crippen molar-refractivity contribution in [2.24, 2.45) is 5.92 Å². The maximum Gasteiger partial charge on any atom is 0.243 e. The van der Waals surface area contributed by atoms with E-state index in [0.717, 1.165) is 31.2 Å². The summed E-state index contributed by atoms with van der Waals surface area (Å²) in [6.07, 6.45) is 4.07. The SMILES string of the molecule is CN(Cc1ccccc1)S(=O)(=O)c1ccc(NC(=O)C2CCCC2)cc1. The van der Waals surface area contributed by atoms with Crippen molar-refractivity contribution in [3.63, 3.8) is 0 Å². The van der Waals surface area contributed by atoms with E-state index in [9.17, 15) is 13.2 Å². The standard InChI is InChI=1S/C20H24N2O3S/c1-22(15-16-7-3-2-4-8-16)26(24,25)19-13-11-18(12-14-19)21-20(23)17-9-5-6-10-17/h2-4,7-8,11-14,17H,5-6,9-10,15H2,1H3,(H,21,23). The van der Waals surface area contributed by atoms with Crippen molar-refractivity contribution in [1.29, 1.82) is 0 Å². The van der Waals surface area contributed by atoms with Gasteiger partial charge >= 0.3 is 0 Å². The van der Waals surface area contributed by atoms with Gasteiger partial charge in [-0.2, -0.15) is 4.31 Å². The fourth-order valence-corrected chi connectivity index (χ4v) is 4.41. The zero-order valence-corrected chi connectivity index (χ0v) is 15.7. The molecule has 2 aromatic rings. The number of hydrogen-bond acceptors (Lipinski definition) is 3. The van der Waals surface area contributed by atoms with Gasteiger partial charge in [-0.3, -0.25) is 4.79 Å². The summed E-state index contributed by atoms with van der Waals surface area (Å²) in [6.45, 7) is 0.309. The molecule has 138 valence electrons. The monoisotopic (exact) mass is 372 g/mol. The molecule has 2 aromatic carbocycles. The molecule has 0 radical (unpaired) electrons. The molecule has 5 nitrogen and oxygen atoms in total. The van der Waals surface area contributed by atoms with E-state index >= 15 is 0 Å². The Labute approximate surface area is 155 Å². The molecule has 1 saturated carbocycles. The van der Waals surface area contributed by atoms with Gasteiger partial charge < -0.3 is 5.32 Å². The van der Waals surface area contributed by atoms with Crippen LogP contribution in [-0.4, -0.2) is 25.7 Å². The molecule has 0 heterocycles. The average molecular weight is 372 g/mol. The van der Waals surface area contributed by atoms with Crippen molar-refractivity contribution in [2.45, 2.75) is 37.1 Å². The van der Waals surface area contributed by atoms with Crippen LogP contribution in [0.3, 0.4) is 0 Å². The third-order valence-corrected chi connectivity index (χ3v) is 6.62. The van der Waals surface area contributed by atoms with E-state index < -0.39 is 10.0 Å². The lowest BCUT2D eigenvalue weighted by atomic mass is 10.1. The summed E-state index contributed by atoms with van der Waals surface area (Å²) in [5, 5.41) is 2.88. The number of amides is 1. The molecule has 1 aliphatic carbocycles. The summed E-state index contributed by atoms with van der Waals surface area (Å²) in [5.74, 6) is 0.106. The minimum atomic E-state index is -3.58. The van der Waals surface area contributed by atoms with E-state index in [1.807, 2.05) is 30.3 Å². The molecule has 26 heavy (non-hydrogen) atoms. The van der Waals surface area contributed by atoms with Crippen molar-refractivity contribution in [1.82, 2.24) is 4.31 Å². The maximum absolute atomic E-state index is 12.7. The number of benzene rings is 2. The Kier molecular flexibility index (Phi) is 5.74. The molecule has 0 atom stereocenters. The van der Waals surface area contributed by atoms with E-state index in [4.69, 9.17) is 0 Å². The smallest absolute Gasteiger partial charge is 0.243 e. The summed E-state index contributed by atoms with van der Waals surface area (Å²) < 4.78 is 26.8. The van der Waals surface area contributed by atoms with E-state index in [-0.39, 0.29) is 16.7 Å². The number of nitrogens with one attached hydrogen (secondary N) is 1. The zero-order chi connectivity index (χ0) is 18.6. The lowest BCUT2D eigenvalue weighted by Crippen LogP contribution is -2.26. The third kappa shape index (κ3) is 4.31. The van der Waals surface area contributed by atoms with Crippen molar-refractivity contribution < 1.29 is 13.2 Å². The number of sulfonamides is 1. The van der Waals surface area contributed by atoms with Gasteiger partial charge in [0, 0.05) is 25.2 Å². The van der Waals surface area contributed by atoms with E-state index in [0.29, 0.717) is 12.2 Å². The molecular weight excluding hydrogens is 348 g/mol.